The van der Waals surface area contributed by atoms with Crippen LogP contribution in [0.3, 0.4) is 0 Å². The van der Waals surface area contributed by atoms with Gasteiger partial charge in [-0.05, 0) is 18.4 Å². The van der Waals surface area contributed by atoms with Gasteiger partial charge in [0.1, 0.15) is 16.7 Å². The Balaban J connectivity index is 1.82. The molecule has 7 heteroatoms. The smallest absolute Gasteiger partial charge is 0.274 e. The molecular weight excluding hydrogens is 294 g/mol. The Hall–Kier alpha value is -1.73. The molecule has 3 heterocycles. The van der Waals surface area contributed by atoms with Gasteiger partial charge in [-0.15, -0.1) is 22.7 Å². The molecule has 0 aliphatic carbocycles. The first-order chi connectivity index (χ1) is 9.66. The van der Waals surface area contributed by atoms with Crippen LogP contribution in [0.2, 0.25) is 0 Å². The fraction of sp³-hybridized carbons (Fsp3) is 0.308. The second-order valence-corrected chi connectivity index (χ2v) is 6.29. The van der Waals surface area contributed by atoms with Gasteiger partial charge in [0.05, 0.1) is 4.88 Å². The van der Waals surface area contributed by atoms with E-state index in [-0.39, 0.29) is 11.8 Å². The predicted molar refractivity (Wildman–Crippen MR) is 78.9 cm³/mol. The molecule has 1 saturated heterocycles. The second-order valence-electron chi connectivity index (χ2n) is 4.48. The van der Waals surface area contributed by atoms with Crippen LogP contribution in [0.25, 0.3) is 9.88 Å². The molecule has 5 nitrogen and oxygen atoms in total. The first-order valence-corrected chi connectivity index (χ1v) is 8.01. The Kier molecular flexibility index (Phi) is 3.54. The largest absolute Gasteiger partial charge is 0.353 e. The fourth-order valence-electron chi connectivity index (χ4n) is 2.09. The van der Waals surface area contributed by atoms with Gasteiger partial charge in [-0.25, -0.2) is 4.98 Å². The van der Waals surface area contributed by atoms with Crippen molar-refractivity contribution >= 4 is 34.5 Å². The minimum Gasteiger partial charge on any atom is -0.353 e. The third-order valence-corrected chi connectivity index (χ3v) is 5.10. The first kappa shape index (κ1) is 13.3. The van der Waals surface area contributed by atoms with E-state index in [4.69, 9.17) is 0 Å². The topological polar surface area (TPSA) is 62.3 Å². The molecule has 1 aliphatic rings. The van der Waals surface area contributed by atoms with E-state index in [1.54, 1.807) is 28.5 Å². The number of thiophene rings is 1. The summed E-state index contributed by atoms with van der Waals surface area (Å²) in [6, 6.07) is 3.50. The van der Waals surface area contributed by atoms with E-state index in [0.29, 0.717) is 18.8 Å². The van der Waals surface area contributed by atoms with Crippen LogP contribution in [-0.2, 0) is 4.79 Å². The lowest BCUT2D eigenvalue weighted by Gasteiger charge is -2.32. The summed E-state index contributed by atoms with van der Waals surface area (Å²) in [5, 5.41) is 7.33. The Labute approximate surface area is 124 Å². The van der Waals surface area contributed by atoms with Gasteiger partial charge in [0.15, 0.2) is 0 Å². The minimum absolute atomic E-state index is 0.113. The number of nitrogens with one attached hydrogen (secondary N) is 1. The third kappa shape index (κ3) is 2.34. The van der Waals surface area contributed by atoms with E-state index in [2.05, 4.69) is 10.3 Å². The maximum atomic E-state index is 12.4. The van der Waals surface area contributed by atoms with Crippen molar-refractivity contribution in [2.45, 2.75) is 13.0 Å². The highest BCUT2D eigenvalue weighted by molar-refractivity contribution is 7.20. The van der Waals surface area contributed by atoms with Crippen LogP contribution in [0.15, 0.2) is 22.9 Å². The van der Waals surface area contributed by atoms with Gasteiger partial charge >= 0.3 is 0 Å². The van der Waals surface area contributed by atoms with Gasteiger partial charge in [-0.1, -0.05) is 6.07 Å². The van der Waals surface area contributed by atoms with Crippen molar-refractivity contribution in [1.29, 1.82) is 0 Å². The molecule has 0 radical (unpaired) electrons. The molecule has 2 aromatic heterocycles. The van der Waals surface area contributed by atoms with Crippen LogP contribution in [0.5, 0.6) is 0 Å². The van der Waals surface area contributed by atoms with Gasteiger partial charge in [-0.2, -0.15) is 0 Å². The number of hydrogen-bond acceptors (Lipinski definition) is 5. The molecule has 2 amide bonds. The number of piperazine rings is 1. The van der Waals surface area contributed by atoms with E-state index in [9.17, 15) is 9.59 Å². The highest BCUT2D eigenvalue weighted by atomic mass is 32.1. The molecule has 2 aromatic rings. The van der Waals surface area contributed by atoms with Crippen molar-refractivity contribution in [2.24, 2.45) is 0 Å². The van der Waals surface area contributed by atoms with Crippen molar-refractivity contribution in [3.05, 3.63) is 28.6 Å². The van der Waals surface area contributed by atoms with Crippen molar-refractivity contribution < 1.29 is 9.59 Å². The number of aromatic nitrogens is 1. The number of carbonyl (C=O) groups excluding carboxylic acids is 2. The van der Waals surface area contributed by atoms with Crippen LogP contribution in [-0.4, -0.2) is 40.8 Å². The number of amides is 2. The van der Waals surface area contributed by atoms with E-state index in [1.807, 2.05) is 17.5 Å². The van der Waals surface area contributed by atoms with E-state index in [1.165, 1.54) is 11.3 Å². The maximum Gasteiger partial charge on any atom is 0.274 e. The molecule has 1 N–H and O–H groups in total. The summed E-state index contributed by atoms with van der Waals surface area (Å²) in [5.74, 6) is -0.287. The predicted octanol–water partition coefficient (Wildman–Crippen LogP) is 1.83. The second kappa shape index (κ2) is 5.34. The molecule has 1 unspecified atom stereocenters. The Bertz CT molecular complexity index is 636. The lowest BCUT2D eigenvalue weighted by atomic mass is 10.2. The van der Waals surface area contributed by atoms with Gasteiger partial charge < -0.3 is 10.2 Å². The first-order valence-electron chi connectivity index (χ1n) is 6.25. The molecule has 20 heavy (non-hydrogen) atoms. The van der Waals surface area contributed by atoms with Crippen LogP contribution in [0.1, 0.15) is 17.4 Å². The Morgan fingerprint density at radius 1 is 1.50 bits per heavy atom. The van der Waals surface area contributed by atoms with E-state index in [0.717, 1.165) is 9.88 Å². The zero-order valence-electron chi connectivity index (χ0n) is 10.8. The summed E-state index contributed by atoms with van der Waals surface area (Å²) >= 11 is 3.05. The number of nitrogens with zero attached hydrogens (tertiary/aromatic N) is 2. The summed E-state index contributed by atoms with van der Waals surface area (Å²) in [6.07, 6.45) is 0. The highest BCUT2D eigenvalue weighted by Crippen LogP contribution is 2.28. The van der Waals surface area contributed by atoms with E-state index >= 15 is 0 Å². The zero-order chi connectivity index (χ0) is 14.1. The van der Waals surface area contributed by atoms with Crippen LogP contribution < -0.4 is 5.32 Å². The minimum atomic E-state index is -0.442. The Morgan fingerprint density at radius 2 is 2.35 bits per heavy atom. The number of thiazole rings is 1. The third-order valence-electron chi connectivity index (χ3n) is 3.22. The fourth-order valence-corrected chi connectivity index (χ4v) is 3.70. The van der Waals surface area contributed by atoms with Gasteiger partial charge in [0.25, 0.3) is 5.91 Å². The average molecular weight is 307 g/mol. The normalized spacial score (nSPS) is 18.9. The van der Waals surface area contributed by atoms with Crippen LogP contribution >= 0.6 is 22.7 Å². The Morgan fingerprint density at radius 3 is 3.10 bits per heavy atom. The summed E-state index contributed by atoms with van der Waals surface area (Å²) in [7, 11) is 0. The zero-order valence-corrected chi connectivity index (χ0v) is 12.5. The lowest BCUT2D eigenvalue weighted by Crippen LogP contribution is -2.55. The highest BCUT2D eigenvalue weighted by Gasteiger charge is 2.31. The number of rotatable bonds is 2. The molecular formula is C13H13N3O2S2. The summed E-state index contributed by atoms with van der Waals surface area (Å²) < 4.78 is 0. The molecule has 0 saturated carbocycles. The molecule has 0 bridgehead atoms. The quantitative estimate of drug-likeness (QED) is 0.921. The van der Waals surface area contributed by atoms with Gasteiger partial charge in [0.2, 0.25) is 5.91 Å². The monoisotopic (exact) mass is 307 g/mol. The van der Waals surface area contributed by atoms with Crippen molar-refractivity contribution in [1.82, 2.24) is 15.2 Å². The van der Waals surface area contributed by atoms with Crippen LogP contribution in [0, 0.1) is 0 Å². The molecule has 1 atom stereocenters. The summed E-state index contributed by atoms with van der Waals surface area (Å²) in [6.45, 7) is 2.76. The molecule has 0 aromatic carbocycles. The molecule has 0 spiro atoms. The maximum absolute atomic E-state index is 12.4. The molecule has 1 fully saturated rings. The van der Waals surface area contributed by atoms with Crippen molar-refractivity contribution in [2.75, 3.05) is 13.1 Å². The lowest BCUT2D eigenvalue weighted by molar-refractivity contribution is -0.127. The van der Waals surface area contributed by atoms with Crippen molar-refractivity contribution in [3.63, 3.8) is 0 Å². The SMILES string of the molecule is CC1C(=O)NCCN1C(=O)c1csc(-c2cccs2)n1. The number of carbonyl (C=O) groups is 2. The van der Waals surface area contributed by atoms with Gasteiger partial charge in [-0.3, -0.25) is 9.59 Å². The van der Waals surface area contributed by atoms with Gasteiger partial charge in [0, 0.05) is 18.5 Å². The standard InChI is InChI=1S/C13H13N3O2S2/c1-8-11(17)14-4-5-16(8)13(18)9-7-20-12(15-9)10-3-2-6-19-10/h2-3,6-8H,4-5H2,1H3,(H,14,17). The molecule has 104 valence electrons. The van der Waals surface area contributed by atoms with E-state index < -0.39 is 6.04 Å². The van der Waals surface area contributed by atoms with Crippen LogP contribution in [0.4, 0.5) is 0 Å². The summed E-state index contributed by atoms with van der Waals surface area (Å²) in [4.78, 5) is 31.1. The molecule has 3 rings (SSSR count). The number of hydrogen-bond donors (Lipinski definition) is 1. The summed E-state index contributed by atoms with van der Waals surface area (Å²) in [5.41, 5.74) is 0.417. The van der Waals surface area contributed by atoms with Crippen molar-refractivity contribution in [3.8, 4) is 9.88 Å². The molecule has 1 aliphatic heterocycles. The average Bonchev–Trinajstić information content (AvgIpc) is 3.11.